The second-order valence-electron chi connectivity index (χ2n) is 8.15. The highest BCUT2D eigenvalue weighted by Crippen LogP contribution is 2.33. The number of ether oxygens (including phenoxy) is 1. The zero-order valence-electron chi connectivity index (χ0n) is 18.7. The molecule has 32 heavy (non-hydrogen) atoms. The lowest BCUT2D eigenvalue weighted by Gasteiger charge is -2.37. The molecule has 10 heteroatoms. The Bertz CT molecular complexity index is 994. The second kappa shape index (κ2) is 10.0. The van der Waals surface area contributed by atoms with E-state index in [0.717, 1.165) is 10.9 Å². The van der Waals surface area contributed by atoms with Crippen LogP contribution in [-0.2, 0) is 20.9 Å². The number of aromatic nitrogens is 1. The number of nitrogens with zero attached hydrogens (tertiary/aromatic N) is 4. The maximum atomic E-state index is 12.4. The van der Waals surface area contributed by atoms with E-state index in [-0.39, 0.29) is 18.9 Å². The smallest absolute Gasteiger partial charge is 0.325 e. The minimum Gasteiger partial charge on any atom is -0.497 e. The van der Waals surface area contributed by atoms with Crippen LogP contribution in [-0.4, -0.2) is 101 Å². The van der Waals surface area contributed by atoms with Gasteiger partial charge in [0.25, 0.3) is 0 Å². The van der Waals surface area contributed by atoms with Gasteiger partial charge in [0.05, 0.1) is 20.1 Å². The third kappa shape index (κ3) is 5.20. The number of carbonyl (C=O) groups is 3. The van der Waals surface area contributed by atoms with Gasteiger partial charge in [-0.15, -0.1) is 0 Å². The molecule has 1 atom stereocenters. The van der Waals surface area contributed by atoms with Crippen molar-refractivity contribution < 1.29 is 29.3 Å². The minimum atomic E-state index is -0.970. The molecule has 0 saturated carbocycles. The molecule has 1 aliphatic rings. The van der Waals surface area contributed by atoms with E-state index >= 15 is 0 Å². The van der Waals surface area contributed by atoms with Gasteiger partial charge in [0.1, 0.15) is 11.8 Å². The van der Waals surface area contributed by atoms with Gasteiger partial charge in [0, 0.05) is 69.5 Å². The van der Waals surface area contributed by atoms with E-state index < -0.39 is 18.0 Å². The SMILES string of the molecule is COc1ccc2c(c1)c([C@@H](C(=O)O)N1CCN(CC(=O)N(C)C)CC1)cn2CCC(=O)O. The summed E-state index contributed by atoms with van der Waals surface area (Å²) in [6, 6.07) is 4.51. The first-order chi connectivity index (χ1) is 15.2. The van der Waals surface area contributed by atoms with E-state index in [1.54, 1.807) is 49.0 Å². The van der Waals surface area contributed by atoms with Gasteiger partial charge in [-0.05, 0) is 18.2 Å². The maximum absolute atomic E-state index is 12.4. The van der Waals surface area contributed by atoms with Gasteiger partial charge in [-0.25, -0.2) is 0 Å². The highest BCUT2D eigenvalue weighted by atomic mass is 16.5. The number of carbonyl (C=O) groups excluding carboxylic acids is 1. The van der Waals surface area contributed by atoms with Gasteiger partial charge >= 0.3 is 11.9 Å². The average molecular weight is 447 g/mol. The Morgan fingerprint density at radius 1 is 1.12 bits per heavy atom. The molecular weight excluding hydrogens is 416 g/mol. The normalized spacial score (nSPS) is 16.1. The number of rotatable bonds is 9. The number of benzene rings is 1. The zero-order chi connectivity index (χ0) is 23.4. The number of hydrogen-bond donors (Lipinski definition) is 2. The van der Waals surface area contributed by atoms with Gasteiger partial charge < -0.3 is 24.4 Å². The van der Waals surface area contributed by atoms with Crippen molar-refractivity contribution >= 4 is 28.7 Å². The molecule has 2 heterocycles. The quantitative estimate of drug-likeness (QED) is 0.585. The van der Waals surface area contributed by atoms with Gasteiger partial charge in [0.2, 0.25) is 5.91 Å². The summed E-state index contributed by atoms with van der Waals surface area (Å²) in [5.41, 5.74) is 1.37. The van der Waals surface area contributed by atoms with Crippen LogP contribution < -0.4 is 4.74 Å². The van der Waals surface area contributed by atoms with E-state index in [4.69, 9.17) is 9.84 Å². The van der Waals surface area contributed by atoms with Crippen molar-refractivity contribution in [3.8, 4) is 5.75 Å². The van der Waals surface area contributed by atoms with Crippen molar-refractivity contribution in [3.63, 3.8) is 0 Å². The van der Waals surface area contributed by atoms with Crippen LogP contribution in [0.2, 0.25) is 0 Å². The minimum absolute atomic E-state index is 0.0156. The lowest BCUT2D eigenvalue weighted by atomic mass is 10.0. The maximum Gasteiger partial charge on any atom is 0.325 e. The highest BCUT2D eigenvalue weighted by Gasteiger charge is 2.33. The number of fused-ring (bicyclic) bond motifs is 1. The van der Waals surface area contributed by atoms with Crippen molar-refractivity contribution in [1.29, 1.82) is 0 Å². The summed E-state index contributed by atoms with van der Waals surface area (Å²) in [4.78, 5) is 40.9. The van der Waals surface area contributed by atoms with Gasteiger partial charge in [-0.1, -0.05) is 0 Å². The molecule has 0 spiro atoms. The Morgan fingerprint density at radius 2 is 1.81 bits per heavy atom. The van der Waals surface area contributed by atoms with Gasteiger partial charge in [-0.3, -0.25) is 24.2 Å². The number of amides is 1. The first-order valence-electron chi connectivity index (χ1n) is 10.5. The van der Waals surface area contributed by atoms with Crippen LogP contribution in [0, 0.1) is 0 Å². The molecule has 0 aliphatic carbocycles. The molecule has 0 radical (unpaired) electrons. The second-order valence-corrected chi connectivity index (χ2v) is 8.15. The van der Waals surface area contributed by atoms with E-state index in [1.165, 1.54) is 0 Å². The number of hydrogen-bond acceptors (Lipinski definition) is 6. The summed E-state index contributed by atoms with van der Waals surface area (Å²) in [6.07, 6.45) is 1.68. The first-order valence-corrected chi connectivity index (χ1v) is 10.5. The van der Waals surface area contributed by atoms with Crippen molar-refractivity contribution in [3.05, 3.63) is 30.0 Å². The predicted octanol–water partition coefficient (Wildman–Crippen LogP) is 0.956. The fourth-order valence-electron chi connectivity index (χ4n) is 4.05. The summed E-state index contributed by atoms with van der Waals surface area (Å²) < 4.78 is 7.13. The number of aryl methyl sites for hydroxylation is 1. The summed E-state index contributed by atoms with van der Waals surface area (Å²) in [5.74, 6) is -1.27. The predicted molar refractivity (Wildman–Crippen MR) is 118 cm³/mol. The van der Waals surface area contributed by atoms with Gasteiger partial charge in [0.15, 0.2) is 0 Å². The summed E-state index contributed by atoms with van der Waals surface area (Å²) in [6.45, 7) is 2.73. The van der Waals surface area contributed by atoms with Crippen LogP contribution in [0.25, 0.3) is 10.9 Å². The third-order valence-corrected chi connectivity index (χ3v) is 5.84. The molecular formula is C22H30N4O6. The number of carboxylic acids is 2. The summed E-state index contributed by atoms with van der Waals surface area (Å²) in [5, 5.41) is 19.9. The van der Waals surface area contributed by atoms with Crippen molar-refractivity contribution in [2.45, 2.75) is 19.0 Å². The molecule has 1 saturated heterocycles. The van der Waals surface area contributed by atoms with E-state index in [2.05, 4.69) is 0 Å². The monoisotopic (exact) mass is 446 g/mol. The third-order valence-electron chi connectivity index (χ3n) is 5.84. The molecule has 10 nitrogen and oxygen atoms in total. The number of aliphatic carboxylic acids is 2. The van der Waals surface area contributed by atoms with Gasteiger partial charge in [-0.2, -0.15) is 0 Å². The molecule has 2 aromatic rings. The Hall–Kier alpha value is -3.11. The topological polar surface area (TPSA) is 116 Å². The molecule has 1 amide bonds. The highest BCUT2D eigenvalue weighted by molar-refractivity contribution is 5.90. The van der Waals surface area contributed by atoms with E-state index in [1.807, 2.05) is 15.9 Å². The molecule has 1 fully saturated rings. The molecule has 1 aliphatic heterocycles. The largest absolute Gasteiger partial charge is 0.497 e. The van der Waals surface area contributed by atoms with Crippen LogP contribution in [0.1, 0.15) is 18.0 Å². The van der Waals surface area contributed by atoms with Crippen molar-refractivity contribution in [1.82, 2.24) is 19.3 Å². The van der Waals surface area contributed by atoms with E-state index in [0.29, 0.717) is 44.0 Å². The summed E-state index contributed by atoms with van der Waals surface area (Å²) in [7, 11) is 4.98. The first kappa shape index (κ1) is 23.6. The standard InChI is InChI=1S/C22H30N4O6/c1-23(2)19(27)14-24-8-10-25(11-9-24)21(22(30)31)17-13-26(7-6-20(28)29)18-5-4-15(32-3)12-16(17)18/h4-5,12-13,21H,6-11,14H2,1-3H3,(H,28,29)(H,30,31)/t21-/m0/s1. The lowest BCUT2D eigenvalue weighted by molar-refractivity contribution is -0.145. The molecule has 3 rings (SSSR count). The number of methoxy groups -OCH3 is 1. The van der Waals surface area contributed by atoms with Crippen molar-refractivity contribution in [2.24, 2.45) is 0 Å². The van der Waals surface area contributed by atoms with Crippen LogP contribution >= 0.6 is 0 Å². The Morgan fingerprint density at radius 3 is 2.38 bits per heavy atom. The molecule has 1 aromatic carbocycles. The number of piperazine rings is 1. The molecule has 1 aromatic heterocycles. The number of carboxylic acid groups (broad SMARTS) is 2. The van der Waals surface area contributed by atoms with Crippen LogP contribution in [0.4, 0.5) is 0 Å². The lowest BCUT2D eigenvalue weighted by Crippen LogP contribution is -2.51. The van der Waals surface area contributed by atoms with Crippen LogP contribution in [0.5, 0.6) is 5.75 Å². The molecule has 0 bridgehead atoms. The molecule has 174 valence electrons. The Labute approximate surface area is 186 Å². The number of likely N-dealkylation sites (N-methyl/N-ethyl adjacent to an activating group) is 1. The van der Waals surface area contributed by atoms with Crippen LogP contribution in [0.15, 0.2) is 24.4 Å². The average Bonchev–Trinajstić information content (AvgIpc) is 3.10. The Kier molecular flexibility index (Phi) is 7.37. The molecule has 0 unspecified atom stereocenters. The molecule has 2 N–H and O–H groups in total. The van der Waals surface area contributed by atoms with Crippen LogP contribution in [0.3, 0.4) is 0 Å². The summed E-state index contributed by atoms with van der Waals surface area (Å²) >= 11 is 0. The van der Waals surface area contributed by atoms with E-state index in [9.17, 15) is 19.5 Å². The fraction of sp³-hybridized carbons (Fsp3) is 0.500. The zero-order valence-corrected chi connectivity index (χ0v) is 18.7. The fourth-order valence-corrected chi connectivity index (χ4v) is 4.05. The Balaban J connectivity index is 1.89. The van der Waals surface area contributed by atoms with Crippen molar-refractivity contribution in [2.75, 3.05) is 53.9 Å².